The normalized spacial score (nSPS) is 11.0. The van der Waals surface area contributed by atoms with Crippen LogP contribution in [0.4, 0.5) is 0 Å². The van der Waals surface area contributed by atoms with Crippen molar-refractivity contribution in [3.63, 3.8) is 0 Å². The molecule has 0 unspecified atom stereocenters. The monoisotopic (exact) mass is 338 g/mol. The van der Waals surface area contributed by atoms with Gasteiger partial charge in [-0.05, 0) is 23.8 Å². The summed E-state index contributed by atoms with van der Waals surface area (Å²) in [7, 11) is 0. The lowest BCUT2D eigenvalue weighted by molar-refractivity contribution is 0.465. The lowest BCUT2D eigenvalue weighted by Crippen LogP contribution is -2.04. The Labute approximate surface area is 141 Å². The van der Waals surface area contributed by atoms with Crippen LogP contribution in [0.15, 0.2) is 60.0 Å². The van der Waals surface area contributed by atoms with Crippen molar-refractivity contribution in [3.05, 3.63) is 70.5 Å². The van der Waals surface area contributed by atoms with Crippen molar-refractivity contribution < 1.29 is 5.11 Å². The van der Waals surface area contributed by atoms with Gasteiger partial charge >= 0.3 is 0 Å². The van der Waals surface area contributed by atoms with Crippen LogP contribution in [0, 0.1) is 0 Å². The minimum Gasteiger partial charge on any atom is -0.503 e. The van der Waals surface area contributed by atoms with Crippen molar-refractivity contribution in [2.24, 2.45) is 0 Å². The lowest BCUT2D eigenvalue weighted by atomic mass is 10.0. The quantitative estimate of drug-likeness (QED) is 0.588. The number of H-pyrrole nitrogens is 1. The fraction of sp³-hybridized carbons (Fsp3) is 0. The molecule has 118 valence electrons. The van der Waals surface area contributed by atoms with Gasteiger partial charge in [-0.1, -0.05) is 11.6 Å². The molecule has 4 aromatic heterocycles. The van der Waals surface area contributed by atoms with Gasteiger partial charge < -0.3 is 14.7 Å². The Balaban J connectivity index is 1.91. The minimum atomic E-state index is -0.436. The Morgan fingerprint density at radius 1 is 1.21 bits per heavy atom. The summed E-state index contributed by atoms with van der Waals surface area (Å²) in [6.45, 7) is 0. The van der Waals surface area contributed by atoms with E-state index < -0.39 is 5.43 Å². The molecular weight excluding hydrogens is 328 g/mol. The smallest absolute Gasteiger partial charge is 0.223 e. The fourth-order valence-corrected chi connectivity index (χ4v) is 2.87. The van der Waals surface area contributed by atoms with Crippen LogP contribution >= 0.6 is 11.6 Å². The molecule has 0 aliphatic rings. The van der Waals surface area contributed by atoms with Gasteiger partial charge in [0, 0.05) is 41.8 Å². The van der Waals surface area contributed by atoms with Crippen molar-refractivity contribution in [2.75, 3.05) is 0 Å². The van der Waals surface area contributed by atoms with Crippen molar-refractivity contribution in [1.82, 2.24) is 19.5 Å². The molecule has 4 aromatic rings. The highest BCUT2D eigenvalue weighted by atomic mass is 35.5. The highest BCUT2D eigenvalue weighted by Gasteiger charge is 2.12. The van der Waals surface area contributed by atoms with Crippen LogP contribution in [0.3, 0.4) is 0 Å². The molecule has 4 rings (SSSR count). The van der Waals surface area contributed by atoms with E-state index in [2.05, 4.69) is 15.0 Å². The van der Waals surface area contributed by atoms with Gasteiger partial charge in [-0.15, -0.1) is 0 Å². The number of hydrogen-bond donors (Lipinski definition) is 2. The standard InChI is InChI=1S/C17H11ClN4O2/c18-12-8-21-17-11(2-5-20-17)16(12)10-1-4-19-15(7-10)22-6-3-13(23)14(24)9-22/h1-9,24H,(H,20,21). The zero-order valence-electron chi connectivity index (χ0n) is 12.3. The van der Waals surface area contributed by atoms with Gasteiger partial charge in [-0.2, -0.15) is 0 Å². The molecule has 7 heteroatoms. The van der Waals surface area contributed by atoms with Crippen LogP contribution in [-0.2, 0) is 0 Å². The molecule has 2 N–H and O–H groups in total. The van der Waals surface area contributed by atoms with E-state index in [1.807, 2.05) is 18.2 Å². The van der Waals surface area contributed by atoms with E-state index in [0.717, 1.165) is 22.2 Å². The van der Waals surface area contributed by atoms with Gasteiger partial charge in [0.15, 0.2) is 5.75 Å². The van der Waals surface area contributed by atoms with Gasteiger partial charge in [0.1, 0.15) is 11.5 Å². The molecule has 0 saturated heterocycles. The number of pyridine rings is 3. The largest absolute Gasteiger partial charge is 0.503 e. The first-order valence-electron chi connectivity index (χ1n) is 7.13. The summed E-state index contributed by atoms with van der Waals surface area (Å²) < 4.78 is 1.57. The summed E-state index contributed by atoms with van der Waals surface area (Å²) in [4.78, 5) is 22.9. The van der Waals surface area contributed by atoms with Crippen LogP contribution in [0.5, 0.6) is 5.75 Å². The van der Waals surface area contributed by atoms with Crippen LogP contribution in [-0.4, -0.2) is 24.6 Å². The second kappa shape index (κ2) is 5.50. The van der Waals surface area contributed by atoms with Gasteiger partial charge in [0.2, 0.25) is 5.43 Å². The third-order valence-electron chi connectivity index (χ3n) is 3.74. The molecule has 0 fully saturated rings. The Kier molecular flexibility index (Phi) is 3.32. The molecule has 0 bridgehead atoms. The number of halogens is 1. The van der Waals surface area contributed by atoms with E-state index in [4.69, 9.17) is 11.6 Å². The summed E-state index contributed by atoms with van der Waals surface area (Å²) in [5, 5.41) is 11.0. The van der Waals surface area contributed by atoms with Crippen molar-refractivity contribution in [3.8, 4) is 22.7 Å². The molecule has 0 aliphatic heterocycles. The first-order valence-corrected chi connectivity index (χ1v) is 7.51. The maximum atomic E-state index is 11.3. The van der Waals surface area contributed by atoms with Crippen LogP contribution in [0.1, 0.15) is 0 Å². The number of aromatic amines is 1. The Bertz CT molecular complexity index is 1120. The van der Waals surface area contributed by atoms with E-state index >= 15 is 0 Å². The maximum absolute atomic E-state index is 11.3. The summed E-state index contributed by atoms with van der Waals surface area (Å²) in [6, 6.07) is 6.87. The third kappa shape index (κ3) is 2.33. The number of nitrogens with one attached hydrogen (secondary N) is 1. The summed E-state index contributed by atoms with van der Waals surface area (Å²) in [5.74, 6) is 0.221. The van der Waals surface area contributed by atoms with Gasteiger partial charge in [-0.25, -0.2) is 9.97 Å². The molecule has 0 atom stereocenters. The molecule has 6 nitrogen and oxygen atoms in total. The molecular formula is C17H11ClN4O2. The van der Waals surface area contributed by atoms with Gasteiger partial charge in [-0.3, -0.25) is 4.79 Å². The number of aromatic hydroxyl groups is 1. The van der Waals surface area contributed by atoms with Crippen LogP contribution in [0.2, 0.25) is 5.02 Å². The van der Waals surface area contributed by atoms with Gasteiger partial charge in [0.05, 0.1) is 11.2 Å². The number of hydrogen-bond acceptors (Lipinski definition) is 4. The Morgan fingerprint density at radius 2 is 2.08 bits per heavy atom. The SMILES string of the molecule is O=c1ccn(-c2cc(-c3c(Cl)cnc4[nH]ccc34)ccn2)cc1O. The molecule has 24 heavy (non-hydrogen) atoms. The number of fused-ring (bicyclic) bond motifs is 1. The minimum absolute atomic E-state index is 0.334. The van der Waals surface area contributed by atoms with Crippen molar-refractivity contribution in [1.29, 1.82) is 0 Å². The lowest BCUT2D eigenvalue weighted by Gasteiger charge is -2.10. The molecule has 0 saturated carbocycles. The van der Waals surface area contributed by atoms with Crippen molar-refractivity contribution in [2.45, 2.75) is 0 Å². The van der Waals surface area contributed by atoms with Crippen LogP contribution in [0.25, 0.3) is 28.0 Å². The van der Waals surface area contributed by atoms with E-state index in [9.17, 15) is 9.90 Å². The second-order valence-corrected chi connectivity index (χ2v) is 5.63. The maximum Gasteiger partial charge on any atom is 0.223 e. The third-order valence-corrected chi connectivity index (χ3v) is 4.03. The average molecular weight is 339 g/mol. The highest BCUT2D eigenvalue weighted by molar-refractivity contribution is 6.34. The molecule has 0 aliphatic carbocycles. The van der Waals surface area contributed by atoms with E-state index in [1.54, 1.807) is 29.4 Å². The Morgan fingerprint density at radius 3 is 2.92 bits per heavy atom. The molecule has 0 radical (unpaired) electrons. The number of rotatable bonds is 2. The summed E-state index contributed by atoms with van der Waals surface area (Å²) >= 11 is 6.35. The van der Waals surface area contributed by atoms with E-state index in [0.29, 0.717) is 10.8 Å². The van der Waals surface area contributed by atoms with Crippen LogP contribution < -0.4 is 5.43 Å². The summed E-state index contributed by atoms with van der Waals surface area (Å²) in [6.07, 6.45) is 7.93. The Hall–Kier alpha value is -3.12. The molecule has 0 spiro atoms. The first-order chi connectivity index (χ1) is 11.6. The molecule has 0 aromatic carbocycles. The fourth-order valence-electron chi connectivity index (χ4n) is 2.61. The van der Waals surface area contributed by atoms with Gasteiger partial charge in [0.25, 0.3) is 0 Å². The number of aromatic nitrogens is 4. The zero-order chi connectivity index (χ0) is 16.7. The van der Waals surface area contributed by atoms with E-state index in [-0.39, 0.29) is 5.75 Å². The van der Waals surface area contributed by atoms with Crippen molar-refractivity contribution >= 4 is 22.6 Å². The van der Waals surface area contributed by atoms with E-state index in [1.165, 1.54) is 12.3 Å². The number of nitrogens with zero attached hydrogens (tertiary/aromatic N) is 3. The summed E-state index contributed by atoms with van der Waals surface area (Å²) in [5.41, 5.74) is 2.01. The second-order valence-electron chi connectivity index (χ2n) is 5.23. The average Bonchev–Trinajstić information content (AvgIpc) is 3.06. The molecule has 4 heterocycles. The first kappa shape index (κ1) is 14.5. The predicted octanol–water partition coefficient (Wildman–Crippen LogP) is 3.13. The topological polar surface area (TPSA) is 83.8 Å². The highest BCUT2D eigenvalue weighted by Crippen LogP contribution is 2.34. The molecule has 0 amide bonds. The predicted molar refractivity (Wildman–Crippen MR) is 91.6 cm³/mol. The zero-order valence-corrected chi connectivity index (χ0v) is 13.0.